The second-order valence-corrected chi connectivity index (χ2v) is 7.60. The van der Waals surface area contributed by atoms with Crippen molar-refractivity contribution in [3.05, 3.63) is 69.9 Å². The molecule has 0 amide bonds. The molecule has 2 aromatic rings. The lowest BCUT2D eigenvalue weighted by molar-refractivity contribution is 0.637. The Morgan fingerprint density at radius 2 is 2.00 bits per heavy atom. The molecule has 1 unspecified atom stereocenters. The maximum Gasteiger partial charge on any atom is 0.151 e. The SMILES string of the molecule is C=C(CC)/C(F)=C\C(=C/CC)C(C)c1[nH]c2ccc(Cl)c(F)c2c1CCCC. The highest BCUT2D eigenvalue weighted by molar-refractivity contribution is 6.31. The summed E-state index contributed by atoms with van der Waals surface area (Å²) >= 11 is 6.05. The number of hydrogen-bond donors (Lipinski definition) is 1. The van der Waals surface area contributed by atoms with Gasteiger partial charge in [0.05, 0.1) is 5.02 Å². The van der Waals surface area contributed by atoms with Crippen molar-refractivity contribution in [2.75, 3.05) is 0 Å². The van der Waals surface area contributed by atoms with Crippen molar-refractivity contribution in [1.82, 2.24) is 4.98 Å². The van der Waals surface area contributed by atoms with E-state index >= 15 is 0 Å². The molecule has 1 aromatic carbocycles. The van der Waals surface area contributed by atoms with E-state index in [2.05, 4.69) is 18.5 Å². The first-order valence-corrected chi connectivity index (χ1v) is 10.5. The summed E-state index contributed by atoms with van der Waals surface area (Å²) in [6, 6.07) is 3.38. The van der Waals surface area contributed by atoms with Gasteiger partial charge in [-0.2, -0.15) is 0 Å². The lowest BCUT2D eigenvalue weighted by Crippen LogP contribution is -2.02. The van der Waals surface area contributed by atoms with Crippen LogP contribution in [0.25, 0.3) is 10.9 Å². The number of unbranched alkanes of at least 4 members (excludes halogenated alkanes) is 1. The molecule has 0 radical (unpaired) electrons. The molecule has 152 valence electrons. The van der Waals surface area contributed by atoms with E-state index < -0.39 is 0 Å². The molecule has 0 aliphatic heterocycles. The molecule has 0 fully saturated rings. The van der Waals surface area contributed by atoms with Gasteiger partial charge in [-0.1, -0.05) is 58.4 Å². The minimum Gasteiger partial charge on any atom is -0.358 e. The van der Waals surface area contributed by atoms with E-state index in [0.717, 1.165) is 48.0 Å². The van der Waals surface area contributed by atoms with Gasteiger partial charge in [-0.15, -0.1) is 0 Å². The largest absolute Gasteiger partial charge is 0.358 e. The average molecular weight is 406 g/mol. The monoisotopic (exact) mass is 405 g/mol. The first-order valence-electron chi connectivity index (χ1n) is 10.1. The third-order valence-corrected chi connectivity index (χ3v) is 5.49. The molecule has 1 heterocycles. The van der Waals surface area contributed by atoms with Gasteiger partial charge in [0.2, 0.25) is 0 Å². The fourth-order valence-electron chi connectivity index (χ4n) is 3.47. The van der Waals surface area contributed by atoms with E-state index in [-0.39, 0.29) is 22.6 Å². The normalized spacial score (nSPS) is 14.0. The van der Waals surface area contributed by atoms with Crippen molar-refractivity contribution in [3.63, 3.8) is 0 Å². The van der Waals surface area contributed by atoms with Gasteiger partial charge in [-0.05, 0) is 60.6 Å². The zero-order valence-corrected chi connectivity index (χ0v) is 18.0. The van der Waals surface area contributed by atoms with Crippen LogP contribution in [0.3, 0.4) is 0 Å². The fourth-order valence-corrected chi connectivity index (χ4v) is 3.63. The maximum atomic E-state index is 14.8. The van der Waals surface area contributed by atoms with Crippen LogP contribution in [0, 0.1) is 5.82 Å². The predicted molar refractivity (Wildman–Crippen MR) is 117 cm³/mol. The Morgan fingerprint density at radius 3 is 2.61 bits per heavy atom. The number of nitrogens with one attached hydrogen (secondary N) is 1. The zero-order chi connectivity index (χ0) is 20.8. The first kappa shape index (κ1) is 22.4. The summed E-state index contributed by atoms with van der Waals surface area (Å²) in [6.07, 6.45) is 7.64. The second kappa shape index (κ2) is 10.1. The summed E-state index contributed by atoms with van der Waals surface area (Å²) in [5.74, 6) is -0.788. The first-order chi connectivity index (χ1) is 13.3. The second-order valence-electron chi connectivity index (χ2n) is 7.19. The van der Waals surface area contributed by atoms with Gasteiger partial charge in [0.1, 0.15) is 5.83 Å². The fraction of sp³-hybridized carbons (Fsp3) is 0.417. The Hall–Kier alpha value is -1.87. The van der Waals surface area contributed by atoms with Crippen molar-refractivity contribution in [2.24, 2.45) is 0 Å². The standard InChI is InChI=1S/C24H30ClF2N/c1-6-9-11-18-22-21(13-12-19(25)23(22)27)28-24(18)16(5)17(10-7-2)14-20(26)15(4)8-3/h10,12-14,16,28H,4,6-9,11H2,1-3,5H3/b17-10+,20-14+. The van der Waals surface area contributed by atoms with Gasteiger partial charge in [0, 0.05) is 22.5 Å². The minimum absolute atomic E-state index is 0.104. The van der Waals surface area contributed by atoms with Crippen molar-refractivity contribution in [3.8, 4) is 0 Å². The van der Waals surface area contributed by atoms with Gasteiger partial charge in [-0.25, -0.2) is 8.78 Å². The molecule has 0 saturated carbocycles. The Balaban J connectivity index is 2.61. The van der Waals surface area contributed by atoms with Crippen LogP contribution in [-0.2, 0) is 6.42 Å². The minimum atomic E-state index is -0.387. The summed E-state index contributed by atoms with van der Waals surface area (Å²) in [7, 11) is 0. The van der Waals surface area contributed by atoms with E-state index in [9.17, 15) is 8.78 Å². The highest BCUT2D eigenvalue weighted by atomic mass is 35.5. The van der Waals surface area contributed by atoms with Gasteiger partial charge in [-0.3, -0.25) is 0 Å². The Morgan fingerprint density at radius 1 is 1.29 bits per heavy atom. The van der Waals surface area contributed by atoms with E-state index in [1.165, 1.54) is 0 Å². The number of hydrogen-bond acceptors (Lipinski definition) is 0. The molecule has 0 saturated heterocycles. The zero-order valence-electron chi connectivity index (χ0n) is 17.3. The van der Waals surface area contributed by atoms with Crippen molar-refractivity contribution < 1.29 is 8.78 Å². The number of halogens is 3. The van der Waals surface area contributed by atoms with E-state index in [0.29, 0.717) is 17.4 Å². The molecule has 28 heavy (non-hydrogen) atoms. The molecule has 0 bridgehead atoms. The Labute approximate surface area is 172 Å². The van der Waals surface area contributed by atoms with Crippen LogP contribution in [0.2, 0.25) is 5.02 Å². The lowest BCUT2D eigenvalue weighted by atomic mass is 9.90. The third-order valence-electron chi connectivity index (χ3n) is 5.20. The highest BCUT2D eigenvalue weighted by Gasteiger charge is 2.22. The van der Waals surface area contributed by atoms with Crippen molar-refractivity contribution in [1.29, 1.82) is 0 Å². The number of aromatic amines is 1. The molecule has 1 N–H and O–H groups in total. The van der Waals surface area contributed by atoms with Crippen LogP contribution in [-0.4, -0.2) is 4.98 Å². The maximum absolute atomic E-state index is 14.8. The number of benzene rings is 1. The van der Waals surface area contributed by atoms with Gasteiger partial charge in [0.25, 0.3) is 0 Å². The molecule has 1 atom stereocenters. The molecular formula is C24H30ClF2N. The summed E-state index contributed by atoms with van der Waals surface area (Å²) in [5.41, 5.74) is 3.94. The van der Waals surface area contributed by atoms with Crippen LogP contribution >= 0.6 is 11.6 Å². The summed E-state index contributed by atoms with van der Waals surface area (Å²) in [6.45, 7) is 11.8. The number of aryl methyl sites for hydroxylation is 1. The number of rotatable bonds is 9. The van der Waals surface area contributed by atoms with E-state index in [1.54, 1.807) is 12.1 Å². The van der Waals surface area contributed by atoms with Crippen LogP contribution < -0.4 is 0 Å². The molecule has 1 aromatic heterocycles. The molecule has 0 aliphatic rings. The average Bonchev–Trinajstić information content (AvgIpc) is 3.06. The summed E-state index contributed by atoms with van der Waals surface area (Å²) in [5, 5.41) is 0.680. The number of allylic oxidation sites excluding steroid dienone is 5. The van der Waals surface area contributed by atoms with Crippen LogP contribution in [0.15, 0.2) is 47.8 Å². The molecule has 2 rings (SSSR count). The van der Waals surface area contributed by atoms with Crippen LogP contribution in [0.1, 0.15) is 70.6 Å². The molecule has 4 heteroatoms. The number of aromatic nitrogens is 1. The number of H-pyrrole nitrogens is 1. The quantitative estimate of drug-likeness (QED) is 0.402. The number of fused-ring (bicyclic) bond motifs is 1. The van der Waals surface area contributed by atoms with Crippen molar-refractivity contribution in [2.45, 2.75) is 65.7 Å². The van der Waals surface area contributed by atoms with Crippen molar-refractivity contribution >= 4 is 22.5 Å². The predicted octanol–water partition coefficient (Wildman–Crippen LogP) is 8.56. The Kier molecular flexibility index (Phi) is 8.06. The molecule has 1 nitrogen and oxygen atoms in total. The van der Waals surface area contributed by atoms with Gasteiger partial charge < -0.3 is 4.98 Å². The third kappa shape index (κ3) is 4.75. The molecular weight excluding hydrogens is 376 g/mol. The van der Waals surface area contributed by atoms with E-state index in [1.807, 2.05) is 32.9 Å². The van der Waals surface area contributed by atoms with E-state index in [4.69, 9.17) is 11.6 Å². The topological polar surface area (TPSA) is 15.8 Å². The molecule has 0 spiro atoms. The summed E-state index contributed by atoms with van der Waals surface area (Å²) in [4.78, 5) is 3.38. The lowest BCUT2D eigenvalue weighted by Gasteiger charge is -2.16. The highest BCUT2D eigenvalue weighted by Crippen LogP contribution is 2.37. The summed E-state index contributed by atoms with van der Waals surface area (Å²) < 4.78 is 29.3. The van der Waals surface area contributed by atoms with Crippen LogP contribution in [0.4, 0.5) is 8.78 Å². The Bertz CT molecular complexity index is 905. The van der Waals surface area contributed by atoms with Gasteiger partial charge in [0.15, 0.2) is 5.82 Å². The van der Waals surface area contributed by atoms with Crippen LogP contribution in [0.5, 0.6) is 0 Å². The van der Waals surface area contributed by atoms with Gasteiger partial charge >= 0.3 is 0 Å². The molecule has 0 aliphatic carbocycles. The smallest absolute Gasteiger partial charge is 0.151 e.